The average molecular weight is 251 g/mol. The molecule has 0 aliphatic carbocycles. The van der Waals surface area contributed by atoms with Crippen LogP contribution in [0.5, 0.6) is 5.75 Å². The molecule has 0 saturated carbocycles. The number of hydrogen-bond donors (Lipinski definition) is 0. The molecule has 1 rings (SSSR count). The lowest BCUT2D eigenvalue weighted by Crippen LogP contribution is -2.33. The molecule has 1 aromatic carbocycles. The Morgan fingerprint density at radius 1 is 1.50 bits per heavy atom. The number of nitro benzene ring substituents is 1. The molecular weight excluding hydrogens is 238 g/mol. The molecule has 6 heteroatoms. The van der Waals surface area contributed by atoms with Gasteiger partial charge in [-0.15, -0.1) is 0 Å². The third kappa shape index (κ3) is 3.31. The molecule has 0 fully saturated rings. The summed E-state index contributed by atoms with van der Waals surface area (Å²) in [6.07, 6.45) is 1.40. The van der Waals surface area contributed by atoms with Crippen LogP contribution in [0, 0.1) is 10.1 Å². The lowest BCUT2D eigenvalue weighted by atomic mass is 10.1. The molecule has 0 aliphatic heterocycles. The average Bonchev–Trinajstić information content (AvgIpc) is 2.37. The van der Waals surface area contributed by atoms with Crippen LogP contribution in [0.1, 0.15) is 6.92 Å². The molecule has 0 N–H and O–H groups in total. The summed E-state index contributed by atoms with van der Waals surface area (Å²) in [5, 5.41) is 10.8. The third-order valence-corrected chi connectivity index (χ3v) is 2.33. The predicted octanol–water partition coefficient (Wildman–Crippen LogP) is 2.09. The standard InChI is InChI=1S/C12H13NO5/c1-3-12(2,18-9-14)8-17-11-7-5-4-6-10(11)13(15)16/h3-7,9H,1,8H2,2H3. The van der Waals surface area contributed by atoms with Gasteiger partial charge in [0.25, 0.3) is 6.47 Å². The van der Waals surface area contributed by atoms with Crippen molar-refractivity contribution in [2.45, 2.75) is 12.5 Å². The van der Waals surface area contributed by atoms with Crippen molar-refractivity contribution in [2.24, 2.45) is 0 Å². The number of benzene rings is 1. The Hall–Kier alpha value is -2.37. The number of ether oxygens (including phenoxy) is 2. The maximum atomic E-state index is 10.8. The fraction of sp³-hybridized carbons (Fsp3) is 0.250. The summed E-state index contributed by atoms with van der Waals surface area (Å²) in [5.41, 5.74) is -1.17. The Balaban J connectivity index is 2.82. The van der Waals surface area contributed by atoms with E-state index in [-0.39, 0.29) is 24.5 Å². The Kier molecular flexibility index (Phi) is 4.42. The van der Waals surface area contributed by atoms with Crippen molar-refractivity contribution in [3.05, 3.63) is 47.0 Å². The van der Waals surface area contributed by atoms with Gasteiger partial charge in [-0.1, -0.05) is 18.7 Å². The predicted molar refractivity (Wildman–Crippen MR) is 64.3 cm³/mol. The number of para-hydroxylation sites is 2. The number of rotatable bonds is 7. The van der Waals surface area contributed by atoms with E-state index in [1.807, 2.05) is 0 Å². The normalized spacial score (nSPS) is 13.2. The smallest absolute Gasteiger partial charge is 0.310 e. The van der Waals surface area contributed by atoms with Crippen molar-refractivity contribution in [1.82, 2.24) is 0 Å². The molecule has 0 aliphatic rings. The van der Waals surface area contributed by atoms with Crippen LogP contribution in [0.3, 0.4) is 0 Å². The summed E-state index contributed by atoms with van der Waals surface area (Å²) in [4.78, 5) is 20.6. The van der Waals surface area contributed by atoms with Crippen LogP contribution >= 0.6 is 0 Å². The van der Waals surface area contributed by atoms with Gasteiger partial charge in [-0.2, -0.15) is 0 Å². The highest BCUT2D eigenvalue weighted by Crippen LogP contribution is 2.27. The van der Waals surface area contributed by atoms with Crippen molar-refractivity contribution >= 4 is 12.2 Å². The van der Waals surface area contributed by atoms with E-state index >= 15 is 0 Å². The van der Waals surface area contributed by atoms with Gasteiger partial charge in [0.05, 0.1) is 4.92 Å². The summed E-state index contributed by atoms with van der Waals surface area (Å²) in [5.74, 6) is 0.116. The summed E-state index contributed by atoms with van der Waals surface area (Å²) in [6, 6.07) is 5.97. The summed E-state index contributed by atoms with van der Waals surface area (Å²) in [7, 11) is 0. The molecule has 0 amide bonds. The van der Waals surface area contributed by atoms with Crippen LogP contribution in [0.4, 0.5) is 5.69 Å². The molecule has 1 unspecified atom stereocenters. The summed E-state index contributed by atoms with van der Waals surface area (Å²) >= 11 is 0. The first-order valence-electron chi connectivity index (χ1n) is 5.13. The van der Waals surface area contributed by atoms with Crippen LogP contribution < -0.4 is 4.74 Å². The first kappa shape index (κ1) is 13.7. The zero-order valence-corrected chi connectivity index (χ0v) is 9.87. The van der Waals surface area contributed by atoms with Gasteiger partial charge >= 0.3 is 5.69 Å². The van der Waals surface area contributed by atoms with E-state index in [0.717, 1.165) is 0 Å². The van der Waals surface area contributed by atoms with Crippen LogP contribution in [0.2, 0.25) is 0 Å². The van der Waals surface area contributed by atoms with E-state index < -0.39 is 10.5 Å². The van der Waals surface area contributed by atoms with Crippen LogP contribution in [0.25, 0.3) is 0 Å². The van der Waals surface area contributed by atoms with Crippen molar-refractivity contribution in [2.75, 3.05) is 6.61 Å². The molecule has 96 valence electrons. The highest BCUT2D eigenvalue weighted by molar-refractivity contribution is 5.46. The molecule has 1 aromatic rings. The first-order valence-corrected chi connectivity index (χ1v) is 5.13. The molecular formula is C12H13NO5. The van der Waals surface area contributed by atoms with Gasteiger partial charge in [-0.25, -0.2) is 0 Å². The number of carbonyl (C=O) groups is 1. The monoisotopic (exact) mass is 251 g/mol. The second-order valence-electron chi connectivity index (χ2n) is 3.74. The number of nitrogens with zero attached hydrogens (tertiary/aromatic N) is 1. The summed E-state index contributed by atoms with van der Waals surface area (Å²) < 4.78 is 10.1. The highest BCUT2D eigenvalue weighted by Gasteiger charge is 2.24. The van der Waals surface area contributed by atoms with Gasteiger partial charge in [-0.05, 0) is 19.1 Å². The van der Waals surface area contributed by atoms with Crippen molar-refractivity contribution in [1.29, 1.82) is 0 Å². The maximum Gasteiger partial charge on any atom is 0.310 e. The largest absolute Gasteiger partial charge is 0.482 e. The van der Waals surface area contributed by atoms with Gasteiger partial charge in [0.2, 0.25) is 0 Å². The van der Waals surface area contributed by atoms with Gasteiger partial charge in [0.1, 0.15) is 6.61 Å². The second-order valence-corrected chi connectivity index (χ2v) is 3.74. The van der Waals surface area contributed by atoms with Crippen molar-refractivity contribution in [3.8, 4) is 5.75 Å². The van der Waals surface area contributed by atoms with Crippen LogP contribution in [0.15, 0.2) is 36.9 Å². The fourth-order valence-electron chi connectivity index (χ4n) is 1.20. The minimum absolute atomic E-state index is 0.0555. The lowest BCUT2D eigenvalue weighted by Gasteiger charge is -2.23. The Morgan fingerprint density at radius 2 is 2.17 bits per heavy atom. The quantitative estimate of drug-likeness (QED) is 0.321. The van der Waals surface area contributed by atoms with Gasteiger partial charge in [0, 0.05) is 6.07 Å². The van der Waals surface area contributed by atoms with E-state index in [9.17, 15) is 14.9 Å². The Labute approximate surface area is 104 Å². The van der Waals surface area contributed by atoms with E-state index in [2.05, 4.69) is 6.58 Å². The fourth-order valence-corrected chi connectivity index (χ4v) is 1.20. The first-order chi connectivity index (χ1) is 8.52. The van der Waals surface area contributed by atoms with E-state index in [0.29, 0.717) is 0 Å². The number of carbonyl (C=O) groups excluding carboxylic acids is 1. The molecule has 6 nitrogen and oxygen atoms in total. The molecule has 0 aromatic heterocycles. The molecule has 0 radical (unpaired) electrons. The minimum atomic E-state index is -1.02. The van der Waals surface area contributed by atoms with Crippen LogP contribution in [-0.4, -0.2) is 23.6 Å². The third-order valence-electron chi connectivity index (χ3n) is 2.33. The zero-order valence-electron chi connectivity index (χ0n) is 9.87. The van der Waals surface area contributed by atoms with Crippen LogP contribution in [-0.2, 0) is 9.53 Å². The highest BCUT2D eigenvalue weighted by atomic mass is 16.6. The molecule has 0 saturated heterocycles. The van der Waals surface area contributed by atoms with E-state index in [1.165, 1.54) is 18.2 Å². The van der Waals surface area contributed by atoms with E-state index in [4.69, 9.17) is 9.47 Å². The zero-order chi connectivity index (χ0) is 13.6. The van der Waals surface area contributed by atoms with Crippen molar-refractivity contribution < 1.29 is 19.2 Å². The van der Waals surface area contributed by atoms with Gasteiger partial charge < -0.3 is 9.47 Å². The molecule has 18 heavy (non-hydrogen) atoms. The molecule has 1 atom stereocenters. The van der Waals surface area contributed by atoms with Gasteiger partial charge in [0.15, 0.2) is 11.4 Å². The Morgan fingerprint density at radius 3 is 2.72 bits per heavy atom. The maximum absolute atomic E-state index is 10.8. The van der Waals surface area contributed by atoms with E-state index in [1.54, 1.807) is 19.1 Å². The summed E-state index contributed by atoms with van der Waals surface area (Å²) in [6.45, 7) is 5.34. The minimum Gasteiger partial charge on any atom is -0.482 e. The molecule has 0 heterocycles. The SMILES string of the molecule is C=CC(C)(COc1ccccc1[N+](=O)[O-])OC=O. The van der Waals surface area contributed by atoms with Crippen molar-refractivity contribution in [3.63, 3.8) is 0 Å². The number of hydrogen-bond acceptors (Lipinski definition) is 5. The topological polar surface area (TPSA) is 78.7 Å². The molecule has 0 bridgehead atoms. The molecule has 0 spiro atoms. The Bertz CT molecular complexity index is 460. The number of nitro groups is 1. The van der Waals surface area contributed by atoms with Gasteiger partial charge in [-0.3, -0.25) is 14.9 Å². The lowest BCUT2D eigenvalue weighted by molar-refractivity contribution is -0.386. The second kappa shape index (κ2) is 5.81.